The molecule has 0 aliphatic rings. The molecule has 0 radical (unpaired) electrons. The fraction of sp³-hybridized carbons (Fsp3) is 0.357. The number of rotatable bonds is 7. The van der Waals surface area contributed by atoms with E-state index in [1.807, 2.05) is 29.6 Å². The van der Waals surface area contributed by atoms with Crippen LogP contribution >= 0.6 is 34.5 Å². The zero-order chi connectivity index (χ0) is 13.5. The molecular weight excluding hydrogens is 301 g/mol. The van der Waals surface area contributed by atoms with E-state index in [9.17, 15) is 0 Å². The molecular formula is C14H15Cl2NOS. The number of alkyl halides is 1. The van der Waals surface area contributed by atoms with Gasteiger partial charge in [0.05, 0.1) is 23.2 Å². The van der Waals surface area contributed by atoms with Crippen LogP contribution in [-0.2, 0) is 23.6 Å². The third-order valence-electron chi connectivity index (χ3n) is 2.57. The van der Waals surface area contributed by atoms with Gasteiger partial charge in [-0.2, -0.15) is 0 Å². The van der Waals surface area contributed by atoms with Gasteiger partial charge in [0.2, 0.25) is 0 Å². The average Bonchev–Trinajstić information content (AvgIpc) is 2.86. The van der Waals surface area contributed by atoms with Crippen molar-refractivity contribution < 1.29 is 4.74 Å². The van der Waals surface area contributed by atoms with Crippen LogP contribution in [0, 0.1) is 0 Å². The van der Waals surface area contributed by atoms with Gasteiger partial charge in [0.1, 0.15) is 0 Å². The Hall–Kier alpha value is -0.610. The second-order valence-corrected chi connectivity index (χ2v) is 5.80. The highest BCUT2D eigenvalue weighted by molar-refractivity contribution is 7.09. The van der Waals surface area contributed by atoms with Crippen LogP contribution in [0.4, 0.5) is 0 Å². The van der Waals surface area contributed by atoms with Crippen LogP contribution in [-0.4, -0.2) is 11.6 Å². The van der Waals surface area contributed by atoms with Gasteiger partial charge in [0, 0.05) is 23.4 Å². The van der Waals surface area contributed by atoms with Crippen LogP contribution in [0.2, 0.25) is 5.02 Å². The summed E-state index contributed by atoms with van der Waals surface area (Å²) in [6.45, 7) is 1.33. The molecule has 0 atom stereocenters. The molecule has 2 aromatic rings. The third kappa shape index (κ3) is 5.11. The fourth-order valence-electron chi connectivity index (χ4n) is 1.67. The molecule has 0 spiro atoms. The van der Waals surface area contributed by atoms with Crippen LogP contribution in [0.3, 0.4) is 0 Å². The standard InChI is InChI=1S/C14H15Cl2NOS/c15-8-13-10-19-14(17-13)5-2-6-18-9-11-3-1-4-12(16)7-11/h1,3-4,7,10H,2,5-6,8-9H2. The Balaban J connectivity index is 1.64. The maximum absolute atomic E-state index is 5.91. The molecule has 1 heterocycles. The summed E-state index contributed by atoms with van der Waals surface area (Å²) in [6.07, 6.45) is 1.91. The summed E-state index contributed by atoms with van der Waals surface area (Å²) >= 11 is 13.3. The van der Waals surface area contributed by atoms with Gasteiger partial charge in [-0.1, -0.05) is 23.7 Å². The van der Waals surface area contributed by atoms with Crippen molar-refractivity contribution in [1.29, 1.82) is 0 Å². The van der Waals surface area contributed by atoms with Crippen LogP contribution in [0.1, 0.15) is 22.7 Å². The Labute approximate surface area is 127 Å². The molecule has 5 heteroatoms. The van der Waals surface area contributed by atoms with E-state index in [0.717, 1.165) is 40.7 Å². The number of hydrogen-bond acceptors (Lipinski definition) is 3. The summed E-state index contributed by atoms with van der Waals surface area (Å²) in [5, 5.41) is 3.88. The number of ether oxygens (including phenoxy) is 1. The highest BCUT2D eigenvalue weighted by Gasteiger charge is 2.01. The van der Waals surface area contributed by atoms with Crippen molar-refractivity contribution in [3.63, 3.8) is 0 Å². The van der Waals surface area contributed by atoms with Gasteiger partial charge in [-0.25, -0.2) is 4.98 Å². The molecule has 0 fully saturated rings. The lowest BCUT2D eigenvalue weighted by Gasteiger charge is -2.04. The zero-order valence-corrected chi connectivity index (χ0v) is 12.8. The summed E-state index contributed by atoms with van der Waals surface area (Å²) in [7, 11) is 0. The first-order valence-corrected chi connectivity index (χ1v) is 7.88. The van der Waals surface area contributed by atoms with Crippen molar-refractivity contribution in [3.8, 4) is 0 Å². The summed E-state index contributed by atoms with van der Waals surface area (Å²) in [6, 6.07) is 7.74. The molecule has 0 aliphatic carbocycles. The summed E-state index contributed by atoms with van der Waals surface area (Å²) in [5.41, 5.74) is 2.06. The molecule has 0 aliphatic heterocycles. The Morgan fingerprint density at radius 1 is 1.32 bits per heavy atom. The van der Waals surface area contributed by atoms with E-state index in [2.05, 4.69) is 4.98 Å². The monoisotopic (exact) mass is 315 g/mol. The molecule has 2 nitrogen and oxygen atoms in total. The van der Waals surface area contributed by atoms with E-state index in [-0.39, 0.29) is 0 Å². The number of aryl methyl sites for hydroxylation is 1. The summed E-state index contributed by atoms with van der Waals surface area (Å²) in [4.78, 5) is 4.41. The van der Waals surface area contributed by atoms with Gasteiger partial charge in [0.25, 0.3) is 0 Å². The molecule has 1 aromatic carbocycles. The van der Waals surface area contributed by atoms with E-state index in [4.69, 9.17) is 27.9 Å². The van der Waals surface area contributed by atoms with Crippen molar-refractivity contribution in [2.24, 2.45) is 0 Å². The molecule has 0 bridgehead atoms. The van der Waals surface area contributed by atoms with E-state index < -0.39 is 0 Å². The molecule has 0 N–H and O–H groups in total. The summed E-state index contributed by atoms with van der Waals surface area (Å²) in [5.74, 6) is 0.488. The highest BCUT2D eigenvalue weighted by atomic mass is 35.5. The molecule has 0 amide bonds. The smallest absolute Gasteiger partial charge is 0.0929 e. The lowest BCUT2D eigenvalue weighted by Crippen LogP contribution is -1.97. The van der Waals surface area contributed by atoms with Crippen molar-refractivity contribution in [3.05, 3.63) is 50.9 Å². The van der Waals surface area contributed by atoms with Gasteiger partial charge in [-0.05, 0) is 24.1 Å². The van der Waals surface area contributed by atoms with Crippen molar-refractivity contribution in [1.82, 2.24) is 4.98 Å². The number of thiazole rings is 1. The normalized spacial score (nSPS) is 10.8. The van der Waals surface area contributed by atoms with Crippen molar-refractivity contribution in [2.45, 2.75) is 25.3 Å². The average molecular weight is 316 g/mol. The molecule has 2 rings (SSSR count). The van der Waals surface area contributed by atoms with Crippen LogP contribution < -0.4 is 0 Å². The summed E-state index contributed by atoms with van der Waals surface area (Å²) < 4.78 is 5.62. The Morgan fingerprint density at radius 2 is 2.21 bits per heavy atom. The lowest BCUT2D eigenvalue weighted by atomic mass is 10.2. The predicted octanol–water partition coefficient (Wildman–Crippen LogP) is 4.68. The first-order chi connectivity index (χ1) is 9.28. The second-order valence-electron chi connectivity index (χ2n) is 4.15. The largest absolute Gasteiger partial charge is 0.377 e. The Morgan fingerprint density at radius 3 is 2.95 bits per heavy atom. The van der Waals surface area contributed by atoms with Gasteiger partial charge in [-0.3, -0.25) is 0 Å². The Bertz CT molecular complexity index is 516. The molecule has 102 valence electrons. The van der Waals surface area contributed by atoms with E-state index in [1.54, 1.807) is 11.3 Å². The van der Waals surface area contributed by atoms with E-state index in [0.29, 0.717) is 12.5 Å². The molecule has 0 saturated heterocycles. The van der Waals surface area contributed by atoms with Crippen LogP contribution in [0.25, 0.3) is 0 Å². The second kappa shape index (κ2) is 7.85. The number of aromatic nitrogens is 1. The first kappa shape index (κ1) is 14.8. The topological polar surface area (TPSA) is 22.1 Å². The quantitative estimate of drug-likeness (QED) is 0.546. The Kier molecular flexibility index (Phi) is 6.11. The number of nitrogens with zero attached hydrogens (tertiary/aromatic N) is 1. The van der Waals surface area contributed by atoms with Gasteiger partial charge < -0.3 is 4.74 Å². The number of hydrogen-bond donors (Lipinski definition) is 0. The van der Waals surface area contributed by atoms with Crippen LogP contribution in [0.5, 0.6) is 0 Å². The molecule has 19 heavy (non-hydrogen) atoms. The minimum Gasteiger partial charge on any atom is -0.377 e. The predicted molar refractivity (Wildman–Crippen MR) is 81.1 cm³/mol. The third-order valence-corrected chi connectivity index (χ3v) is 4.04. The van der Waals surface area contributed by atoms with E-state index in [1.165, 1.54) is 0 Å². The maximum Gasteiger partial charge on any atom is 0.0929 e. The molecule has 0 saturated carbocycles. The maximum atomic E-state index is 5.91. The molecule has 0 unspecified atom stereocenters. The van der Waals surface area contributed by atoms with Gasteiger partial charge in [0.15, 0.2) is 0 Å². The van der Waals surface area contributed by atoms with Gasteiger partial charge in [-0.15, -0.1) is 22.9 Å². The fourth-order valence-corrected chi connectivity index (χ4v) is 2.95. The van der Waals surface area contributed by atoms with Gasteiger partial charge >= 0.3 is 0 Å². The number of halogens is 2. The van der Waals surface area contributed by atoms with Crippen molar-refractivity contribution >= 4 is 34.5 Å². The zero-order valence-electron chi connectivity index (χ0n) is 10.4. The first-order valence-electron chi connectivity index (χ1n) is 6.09. The number of benzene rings is 1. The van der Waals surface area contributed by atoms with Crippen molar-refractivity contribution in [2.75, 3.05) is 6.61 Å². The highest BCUT2D eigenvalue weighted by Crippen LogP contribution is 2.14. The SMILES string of the molecule is ClCc1csc(CCCOCc2cccc(Cl)c2)n1. The lowest BCUT2D eigenvalue weighted by molar-refractivity contribution is 0.118. The minimum atomic E-state index is 0.488. The minimum absolute atomic E-state index is 0.488. The van der Waals surface area contributed by atoms with E-state index >= 15 is 0 Å². The molecule has 1 aromatic heterocycles. The van der Waals surface area contributed by atoms with Crippen LogP contribution in [0.15, 0.2) is 29.6 Å².